The molecule has 0 aliphatic carbocycles. The highest BCUT2D eigenvalue weighted by Crippen LogP contribution is 2.25. The maximum Gasteiger partial charge on any atom is 0.258 e. The lowest BCUT2D eigenvalue weighted by atomic mass is 10.1. The second-order valence-electron chi connectivity index (χ2n) is 4.69. The predicted molar refractivity (Wildman–Crippen MR) is 87.2 cm³/mol. The van der Waals surface area contributed by atoms with Crippen LogP contribution in [0.5, 0.6) is 0 Å². The third kappa shape index (κ3) is 3.06. The van der Waals surface area contributed by atoms with E-state index in [1.807, 2.05) is 6.92 Å². The van der Waals surface area contributed by atoms with Crippen LogP contribution in [0.25, 0.3) is 0 Å². The van der Waals surface area contributed by atoms with Gasteiger partial charge in [-0.05, 0) is 42.8 Å². The van der Waals surface area contributed by atoms with Gasteiger partial charge in [0.15, 0.2) is 0 Å². The minimum absolute atomic E-state index is 0.171. The van der Waals surface area contributed by atoms with Crippen molar-refractivity contribution in [1.29, 1.82) is 5.26 Å². The molecule has 0 atom stereocenters. The summed E-state index contributed by atoms with van der Waals surface area (Å²) in [5, 5.41) is 8.94. The third-order valence-electron chi connectivity index (χ3n) is 3.31. The molecule has 5 heteroatoms. The molecule has 2 aromatic carbocycles. The van der Waals surface area contributed by atoms with Gasteiger partial charge in [0.2, 0.25) is 0 Å². The van der Waals surface area contributed by atoms with Crippen molar-refractivity contribution in [2.75, 3.05) is 17.7 Å². The summed E-state index contributed by atoms with van der Waals surface area (Å²) >= 11 is 3.35. The van der Waals surface area contributed by atoms with Gasteiger partial charge in [-0.25, -0.2) is 0 Å². The molecule has 0 unspecified atom stereocenters. The number of nitrogens with zero attached hydrogens (tertiary/aromatic N) is 2. The first-order valence-electron chi connectivity index (χ1n) is 6.28. The van der Waals surface area contributed by atoms with Crippen LogP contribution in [0.2, 0.25) is 0 Å². The Morgan fingerprint density at radius 2 is 2.05 bits per heavy atom. The Hall–Kier alpha value is -2.32. The van der Waals surface area contributed by atoms with E-state index in [0.29, 0.717) is 22.5 Å². The Kier molecular flexibility index (Phi) is 4.29. The third-order valence-corrected chi connectivity index (χ3v) is 3.77. The average molecular weight is 344 g/mol. The highest BCUT2D eigenvalue weighted by molar-refractivity contribution is 9.10. The van der Waals surface area contributed by atoms with Crippen LogP contribution in [0, 0.1) is 18.3 Å². The fourth-order valence-corrected chi connectivity index (χ4v) is 2.48. The number of nitrogens with two attached hydrogens (primary N) is 1. The van der Waals surface area contributed by atoms with Crippen LogP contribution in [0.3, 0.4) is 0 Å². The number of nitriles is 1. The van der Waals surface area contributed by atoms with E-state index in [1.54, 1.807) is 43.4 Å². The molecule has 0 saturated carbocycles. The van der Waals surface area contributed by atoms with E-state index in [2.05, 4.69) is 22.0 Å². The molecular formula is C16H14BrN3O. The topological polar surface area (TPSA) is 70.1 Å². The number of nitrogen functional groups attached to an aromatic ring is 1. The molecule has 2 aromatic rings. The summed E-state index contributed by atoms with van der Waals surface area (Å²) in [7, 11) is 1.68. The number of amides is 1. The lowest BCUT2D eigenvalue weighted by Gasteiger charge is -2.19. The summed E-state index contributed by atoms with van der Waals surface area (Å²) in [6.07, 6.45) is 0. The lowest BCUT2D eigenvalue weighted by Crippen LogP contribution is -2.27. The Morgan fingerprint density at radius 3 is 2.71 bits per heavy atom. The molecule has 0 aliphatic heterocycles. The van der Waals surface area contributed by atoms with Crippen LogP contribution in [-0.4, -0.2) is 13.0 Å². The number of hydrogen-bond donors (Lipinski definition) is 1. The minimum atomic E-state index is -0.171. The molecule has 0 aromatic heterocycles. The second-order valence-corrected chi connectivity index (χ2v) is 5.61. The highest BCUT2D eigenvalue weighted by Gasteiger charge is 2.18. The quantitative estimate of drug-likeness (QED) is 0.848. The molecule has 2 rings (SSSR count). The number of carbonyl (C=O) groups excluding carboxylic acids is 1. The van der Waals surface area contributed by atoms with E-state index in [-0.39, 0.29) is 5.91 Å². The summed E-state index contributed by atoms with van der Waals surface area (Å²) < 4.78 is 0.758. The summed E-state index contributed by atoms with van der Waals surface area (Å²) in [6, 6.07) is 12.5. The van der Waals surface area contributed by atoms with Crippen LogP contribution in [0.4, 0.5) is 11.4 Å². The van der Waals surface area contributed by atoms with Gasteiger partial charge in [-0.2, -0.15) is 5.26 Å². The monoisotopic (exact) mass is 343 g/mol. The zero-order valence-electron chi connectivity index (χ0n) is 11.7. The number of hydrogen-bond acceptors (Lipinski definition) is 3. The van der Waals surface area contributed by atoms with Gasteiger partial charge in [0.05, 0.1) is 11.6 Å². The Balaban J connectivity index is 2.42. The molecule has 0 fully saturated rings. The number of carbonyl (C=O) groups is 1. The van der Waals surface area contributed by atoms with Gasteiger partial charge in [-0.1, -0.05) is 22.0 Å². The summed E-state index contributed by atoms with van der Waals surface area (Å²) in [5.41, 5.74) is 8.91. The number of benzene rings is 2. The molecule has 0 heterocycles. The molecule has 106 valence electrons. The SMILES string of the molecule is Cc1c(N)cc(Br)cc1C(=O)N(C)c1cccc(C#N)c1. The molecular weight excluding hydrogens is 330 g/mol. The first kappa shape index (κ1) is 15.1. The molecule has 0 bridgehead atoms. The molecule has 4 nitrogen and oxygen atoms in total. The number of rotatable bonds is 2. The minimum Gasteiger partial charge on any atom is -0.398 e. The molecule has 2 N–H and O–H groups in total. The van der Waals surface area contributed by atoms with E-state index < -0.39 is 0 Å². The molecule has 0 spiro atoms. The van der Waals surface area contributed by atoms with Gasteiger partial charge in [-0.15, -0.1) is 0 Å². The van der Waals surface area contributed by atoms with Crippen LogP contribution >= 0.6 is 15.9 Å². The molecule has 1 amide bonds. The fourth-order valence-electron chi connectivity index (χ4n) is 2.00. The van der Waals surface area contributed by atoms with Gasteiger partial charge in [0, 0.05) is 28.5 Å². The van der Waals surface area contributed by atoms with Gasteiger partial charge in [0.1, 0.15) is 0 Å². The maximum atomic E-state index is 12.6. The van der Waals surface area contributed by atoms with Gasteiger partial charge in [0.25, 0.3) is 5.91 Å². The van der Waals surface area contributed by atoms with Crippen molar-refractivity contribution in [3.05, 3.63) is 57.6 Å². The first-order valence-corrected chi connectivity index (χ1v) is 7.07. The number of anilines is 2. The second kappa shape index (κ2) is 5.98. The van der Waals surface area contributed by atoms with E-state index in [4.69, 9.17) is 11.0 Å². The van der Waals surface area contributed by atoms with Crippen LogP contribution in [-0.2, 0) is 0 Å². The summed E-state index contributed by atoms with van der Waals surface area (Å²) in [4.78, 5) is 14.1. The van der Waals surface area contributed by atoms with Gasteiger partial charge < -0.3 is 10.6 Å². The zero-order valence-corrected chi connectivity index (χ0v) is 13.3. The summed E-state index contributed by atoms with van der Waals surface area (Å²) in [5.74, 6) is -0.171. The van der Waals surface area contributed by atoms with Crippen molar-refractivity contribution < 1.29 is 4.79 Å². The van der Waals surface area contributed by atoms with Gasteiger partial charge in [-0.3, -0.25) is 4.79 Å². The maximum absolute atomic E-state index is 12.6. The van der Waals surface area contributed by atoms with Crippen molar-refractivity contribution >= 4 is 33.2 Å². The Bertz CT molecular complexity index is 750. The average Bonchev–Trinajstić information content (AvgIpc) is 2.49. The van der Waals surface area contributed by atoms with Crippen LogP contribution in [0.15, 0.2) is 40.9 Å². The fraction of sp³-hybridized carbons (Fsp3) is 0.125. The largest absolute Gasteiger partial charge is 0.398 e. The van der Waals surface area contributed by atoms with Crippen LogP contribution < -0.4 is 10.6 Å². The lowest BCUT2D eigenvalue weighted by molar-refractivity contribution is 0.0992. The zero-order chi connectivity index (χ0) is 15.6. The smallest absolute Gasteiger partial charge is 0.258 e. The van der Waals surface area contributed by atoms with Crippen LogP contribution in [0.1, 0.15) is 21.5 Å². The molecule has 21 heavy (non-hydrogen) atoms. The number of halogens is 1. The molecule has 0 aliphatic rings. The van der Waals surface area contributed by atoms with Crippen molar-refractivity contribution in [1.82, 2.24) is 0 Å². The Morgan fingerprint density at radius 1 is 1.33 bits per heavy atom. The van der Waals surface area contributed by atoms with Crippen molar-refractivity contribution in [3.63, 3.8) is 0 Å². The standard InChI is InChI=1S/C16H14BrN3O/c1-10-14(7-12(17)8-15(10)19)16(21)20(2)13-5-3-4-11(6-13)9-18/h3-8H,19H2,1-2H3. The van der Waals surface area contributed by atoms with E-state index >= 15 is 0 Å². The first-order chi connectivity index (χ1) is 9.93. The van der Waals surface area contributed by atoms with E-state index in [9.17, 15) is 4.79 Å². The van der Waals surface area contributed by atoms with Crippen molar-refractivity contribution in [2.45, 2.75) is 6.92 Å². The van der Waals surface area contributed by atoms with E-state index in [0.717, 1.165) is 10.0 Å². The predicted octanol–water partition coefficient (Wildman–Crippen LogP) is 3.49. The Labute approximate surface area is 131 Å². The normalized spacial score (nSPS) is 10.0. The van der Waals surface area contributed by atoms with Crippen molar-refractivity contribution in [2.24, 2.45) is 0 Å². The van der Waals surface area contributed by atoms with E-state index in [1.165, 1.54) is 4.90 Å². The van der Waals surface area contributed by atoms with Crippen molar-refractivity contribution in [3.8, 4) is 6.07 Å². The molecule has 0 radical (unpaired) electrons. The highest BCUT2D eigenvalue weighted by atomic mass is 79.9. The molecule has 0 saturated heterocycles. The summed E-state index contributed by atoms with van der Waals surface area (Å²) in [6.45, 7) is 1.81. The van der Waals surface area contributed by atoms with Gasteiger partial charge >= 0.3 is 0 Å².